The van der Waals surface area contributed by atoms with Gasteiger partial charge in [0.25, 0.3) is 0 Å². The predicted octanol–water partition coefficient (Wildman–Crippen LogP) is 2.72. The van der Waals surface area contributed by atoms with E-state index in [1.54, 1.807) is 16.2 Å². The number of hydrogen-bond acceptors (Lipinski definition) is 5. The van der Waals surface area contributed by atoms with Crippen LogP contribution in [-0.2, 0) is 4.74 Å². The molecule has 0 aliphatic carbocycles. The summed E-state index contributed by atoms with van der Waals surface area (Å²) >= 11 is 1.70. The van der Waals surface area contributed by atoms with E-state index in [0.29, 0.717) is 12.6 Å². The van der Waals surface area contributed by atoms with Gasteiger partial charge in [-0.15, -0.1) is 11.3 Å². The molecule has 0 radical (unpaired) electrons. The number of rotatable bonds is 4. The standard InChI is InChI=1S/C14H23N3O2S/c1-4-19-14(18)17-7-5-12(6-8-17)16-11(3)13-15-10(2)9-20-13/h9,11-12,16H,4-8H2,1-3H3. The lowest BCUT2D eigenvalue weighted by Crippen LogP contribution is -2.45. The zero-order valence-corrected chi connectivity index (χ0v) is 13.2. The third kappa shape index (κ3) is 3.93. The van der Waals surface area contributed by atoms with Crippen LogP contribution >= 0.6 is 11.3 Å². The highest BCUT2D eigenvalue weighted by atomic mass is 32.1. The smallest absolute Gasteiger partial charge is 0.409 e. The summed E-state index contributed by atoms with van der Waals surface area (Å²) in [5.41, 5.74) is 1.08. The number of nitrogens with one attached hydrogen (secondary N) is 1. The molecule has 1 aromatic rings. The topological polar surface area (TPSA) is 54.5 Å². The monoisotopic (exact) mass is 297 g/mol. The van der Waals surface area contributed by atoms with Crippen molar-refractivity contribution in [3.8, 4) is 0 Å². The molecule has 0 bridgehead atoms. The average molecular weight is 297 g/mol. The third-order valence-corrected chi connectivity index (χ3v) is 4.66. The first-order chi connectivity index (χ1) is 9.60. The Kier molecular flexibility index (Phi) is 5.37. The number of likely N-dealkylation sites (tertiary alicyclic amines) is 1. The molecule has 1 unspecified atom stereocenters. The molecule has 20 heavy (non-hydrogen) atoms. The first kappa shape index (κ1) is 15.3. The second kappa shape index (κ2) is 7.04. The minimum absolute atomic E-state index is 0.186. The maximum Gasteiger partial charge on any atom is 0.409 e. The SMILES string of the molecule is CCOC(=O)N1CCC(NC(C)c2nc(C)cs2)CC1. The molecule has 0 aromatic carbocycles. The summed E-state index contributed by atoms with van der Waals surface area (Å²) in [5.74, 6) is 0. The Morgan fingerprint density at radius 3 is 2.85 bits per heavy atom. The van der Waals surface area contributed by atoms with Gasteiger partial charge in [-0.3, -0.25) is 0 Å². The molecule has 1 atom stereocenters. The molecule has 1 aliphatic rings. The van der Waals surface area contributed by atoms with Crippen LogP contribution in [0.3, 0.4) is 0 Å². The van der Waals surface area contributed by atoms with E-state index in [9.17, 15) is 4.79 Å². The fourth-order valence-corrected chi connectivity index (χ4v) is 3.25. The van der Waals surface area contributed by atoms with Crippen molar-refractivity contribution in [1.29, 1.82) is 0 Å². The minimum Gasteiger partial charge on any atom is -0.450 e. The maximum atomic E-state index is 11.6. The molecule has 1 N–H and O–H groups in total. The van der Waals surface area contributed by atoms with Crippen LogP contribution in [0.2, 0.25) is 0 Å². The number of thiazole rings is 1. The summed E-state index contributed by atoms with van der Waals surface area (Å²) in [7, 11) is 0. The predicted molar refractivity (Wildman–Crippen MR) is 80.0 cm³/mol. The van der Waals surface area contributed by atoms with Crippen molar-refractivity contribution in [2.45, 2.75) is 45.7 Å². The molecule has 6 heteroatoms. The van der Waals surface area contributed by atoms with Gasteiger partial charge >= 0.3 is 6.09 Å². The van der Waals surface area contributed by atoms with Crippen LogP contribution in [0.5, 0.6) is 0 Å². The molecule has 1 amide bonds. The number of hydrogen-bond donors (Lipinski definition) is 1. The Labute approximate surface area is 124 Å². The lowest BCUT2D eigenvalue weighted by Gasteiger charge is -2.32. The molecule has 1 fully saturated rings. The number of ether oxygens (including phenoxy) is 1. The van der Waals surface area contributed by atoms with Crippen LogP contribution in [0.4, 0.5) is 4.79 Å². The Balaban J connectivity index is 1.78. The van der Waals surface area contributed by atoms with Crippen molar-refractivity contribution in [2.75, 3.05) is 19.7 Å². The first-order valence-electron chi connectivity index (χ1n) is 7.20. The number of amides is 1. The molecule has 112 valence electrons. The molecule has 5 nitrogen and oxygen atoms in total. The van der Waals surface area contributed by atoms with Gasteiger partial charge in [0.1, 0.15) is 5.01 Å². The number of aromatic nitrogens is 1. The molecule has 1 aliphatic heterocycles. The Hall–Kier alpha value is -1.14. The average Bonchev–Trinajstić information content (AvgIpc) is 2.86. The Bertz CT molecular complexity index is 441. The lowest BCUT2D eigenvalue weighted by atomic mass is 10.0. The number of aryl methyl sites for hydroxylation is 1. The van der Waals surface area contributed by atoms with Crippen molar-refractivity contribution in [3.63, 3.8) is 0 Å². The quantitative estimate of drug-likeness (QED) is 0.928. The fourth-order valence-electron chi connectivity index (χ4n) is 2.44. The van der Waals surface area contributed by atoms with Crippen LogP contribution in [-0.4, -0.2) is 41.7 Å². The van der Waals surface area contributed by atoms with Crippen molar-refractivity contribution in [3.05, 3.63) is 16.1 Å². The van der Waals surface area contributed by atoms with Gasteiger partial charge in [-0.25, -0.2) is 9.78 Å². The molecule has 0 spiro atoms. The van der Waals surface area contributed by atoms with Gasteiger partial charge in [0.2, 0.25) is 0 Å². The zero-order chi connectivity index (χ0) is 14.5. The highest BCUT2D eigenvalue weighted by Gasteiger charge is 2.25. The second-order valence-electron chi connectivity index (χ2n) is 5.18. The maximum absolute atomic E-state index is 11.6. The fraction of sp³-hybridized carbons (Fsp3) is 0.714. The number of carbonyl (C=O) groups is 1. The summed E-state index contributed by atoms with van der Waals surface area (Å²) in [6.07, 6.45) is 1.75. The van der Waals surface area contributed by atoms with E-state index < -0.39 is 0 Å². The summed E-state index contributed by atoms with van der Waals surface area (Å²) < 4.78 is 5.03. The van der Waals surface area contributed by atoms with E-state index in [1.807, 2.05) is 13.8 Å². The lowest BCUT2D eigenvalue weighted by molar-refractivity contribution is 0.0943. The van der Waals surface area contributed by atoms with Crippen molar-refractivity contribution < 1.29 is 9.53 Å². The Morgan fingerprint density at radius 1 is 1.60 bits per heavy atom. The number of nitrogens with zero attached hydrogens (tertiary/aromatic N) is 2. The summed E-state index contributed by atoms with van der Waals surface area (Å²) in [6.45, 7) is 7.97. The zero-order valence-electron chi connectivity index (χ0n) is 12.4. The van der Waals surface area contributed by atoms with E-state index in [-0.39, 0.29) is 12.1 Å². The van der Waals surface area contributed by atoms with Gasteiger partial charge in [-0.2, -0.15) is 0 Å². The van der Waals surface area contributed by atoms with Gasteiger partial charge in [0.05, 0.1) is 12.6 Å². The van der Waals surface area contributed by atoms with Crippen molar-refractivity contribution in [1.82, 2.24) is 15.2 Å². The minimum atomic E-state index is -0.186. The molecule has 0 saturated carbocycles. The van der Waals surface area contributed by atoms with E-state index in [4.69, 9.17) is 4.74 Å². The first-order valence-corrected chi connectivity index (χ1v) is 8.08. The van der Waals surface area contributed by atoms with E-state index in [2.05, 4.69) is 22.6 Å². The highest BCUT2D eigenvalue weighted by Crippen LogP contribution is 2.20. The summed E-state index contributed by atoms with van der Waals surface area (Å²) in [5, 5.41) is 6.82. The van der Waals surface area contributed by atoms with Gasteiger partial charge in [0.15, 0.2) is 0 Å². The Morgan fingerprint density at radius 2 is 2.30 bits per heavy atom. The molecule has 1 aromatic heterocycles. The molecule has 2 rings (SSSR count). The van der Waals surface area contributed by atoms with Crippen LogP contribution < -0.4 is 5.32 Å². The van der Waals surface area contributed by atoms with E-state index >= 15 is 0 Å². The molecular formula is C14H23N3O2S. The van der Waals surface area contributed by atoms with Crippen molar-refractivity contribution >= 4 is 17.4 Å². The normalized spacial score (nSPS) is 18.1. The van der Waals surface area contributed by atoms with Gasteiger partial charge in [-0.1, -0.05) is 0 Å². The van der Waals surface area contributed by atoms with E-state index in [1.165, 1.54) is 0 Å². The van der Waals surface area contributed by atoms with Gasteiger partial charge in [0, 0.05) is 30.2 Å². The molecular weight excluding hydrogens is 274 g/mol. The summed E-state index contributed by atoms with van der Waals surface area (Å²) in [4.78, 5) is 17.9. The third-order valence-electron chi connectivity index (χ3n) is 3.51. The molecule has 2 heterocycles. The number of piperidine rings is 1. The molecule has 1 saturated heterocycles. The second-order valence-corrected chi connectivity index (χ2v) is 6.07. The van der Waals surface area contributed by atoms with Crippen LogP contribution in [0.25, 0.3) is 0 Å². The van der Waals surface area contributed by atoms with Crippen molar-refractivity contribution in [2.24, 2.45) is 0 Å². The highest BCUT2D eigenvalue weighted by molar-refractivity contribution is 7.09. The van der Waals surface area contributed by atoms with Gasteiger partial charge in [-0.05, 0) is 33.6 Å². The van der Waals surface area contributed by atoms with Crippen LogP contribution in [0, 0.1) is 6.92 Å². The van der Waals surface area contributed by atoms with Crippen LogP contribution in [0.15, 0.2) is 5.38 Å². The number of carbonyl (C=O) groups excluding carboxylic acids is 1. The van der Waals surface area contributed by atoms with Crippen LogP contribution in [0.1, 0.15) is 43.4 Å². The van der Waals surface area contributed by atoms with E-state index in [0.717, 1.165) is 36.6 Å². The largest absolute Gasteiger partial charge is 0.450 e. The summed E-state index contributed by atoms with van der Waals surface area (Å²) in [6, 6.07) is 0.715. The van der Waals surface area contributed by atoms with Gasteiger partial charge < -0.3 is 15.0 Å².